The molecule has 156 valence electrons. The van der Waals surface area contributed by atoms with Crippen LogP contribution in [0.4, 0.5) is 24.7 Å². The van der Waals surface area contributed by atoms with Crippen molar-refractivity contribution in [3.8, 4) is 11.5 Å². The number of anilines is 2. The van der Waals surface area contributed by atoms with E-state index in [0.717, 1.165) is 17.5 Å². The molecular weight excluding hydrogens is 389 g/mol. The summed E-state index contributed by atoms with van der Waals surface area (Å²) in [5.74, 6) is 0.770. The van der Waals surface area contributed by atoms with Crippen LogP contribution in [-0.2, 0) is 0 Å². The fraction of sp³-hybridized carbons (Fsp3) is 0.474. The molecule has 2 N–H and O–H groups in total. The maximum absolute atomic E-state index is 13.6. The monoisotopic (exact) mass is 410 g/mol. The molecule has 4 rings (SSSR count). The molecule has 1 aromatic heterocycles. The van der Waals surface area contributed by atoms with Crippen LogP contribution in [0, 0.1) is 5.92 Å². The van der Waals surface area contributed by atoms with Crippen molar-refractivity contribution in [2.75, 3.05) is 24.9 Å². The van der Waals surface area contributed by atoms with Gasteiger partial charge in [0, 0.05) is 36.0 Å². The van der Waals surface area contributed by atoms with Crippen molar-refractivity contribution in [3.05, 3.63) is 30.0 Å². The number of methoxy groups -OCH3 is 2. The Labute approximate surface area is 165 Å². The van der Waals surface area contributed by atoms with Crippen LogP contribution < -0.4 is 20.1 Å². The molecule has 29 heavy (non-hydrogen) atoms. The Morgan fingerprint density at radius 2 is 1.83 bits per heavy atom. The molecule has 0 saturated heterocycles. The van der Waals surface area contributed by atoms with Crippen molar-refractivity contribution in [1.82, 2.24) is 9.78 Å². The molecule has 10 heteroatoms. The zero-order valence-corrected chi connectivity index (χ0v) is 15.9. The van der Waals surface area contributed by atoms with Crippen molar-refractivity contribution in [3.63, 3.8) is 0 Å². The molecule has 2 aliphatic rings. The first-order valence-corrected chi connectivity index (χ1v) is 9.25. The van der Waals surface area contributed by atoms with Crippen LogP contribution in [0.25, 0.3) is 0 Å². The van der Waals surface area contributed by atoms with Crippen LogP contribution in [-0.4, -0.2) is 42.1 Å². The number of ether oxygens (including phenoxy) is 2. The van der Waals surface area contributed by atoms with Crippen molar-refractivity contribution < 1.29 is 27.4 Å². The summed E-state index contributed by atoms with van der Waals surface area (Å²) in [5.41, 5.74) is 0.286. The van der Waals surface area contributed by atoms with Gasteiger partial charge in [-0.3, -0.25) is 4.79 Å². The predicted octanol–water partition coefficient (Wildman–Crippen LogP) is 3.85. The molecule has 1 aliphatic carbocycles. The minimum atomic E-state index is -4.44. The van der Waals surface area contributed by atoms with Gasteiger partial charge in [-0.1, -0.05) is 0 Å². The average molecular weight is 410 g/mol. The first-order chi connectivity index (χ1) is 13.8. The molecule has 7 nitrogen and oxygen atoms in total. The second-order valence-corrected chi connectivity index (χ2v) is 7.30. The van der Waals surface area contributed by atoms with E-state index in [4.69, 9.17) is 9.47 Å². The van der Waals surface area contributed by atoms with Gasteiger partial charge in [0.1, 0.15) is 17.3 Å². The third-order valence-corrected chi connectivity index (χ3v) is 5.25. The van der Waals surface area contributed by atoms with Crippen LogP contribution in [0.2, 0.25) is 0 Å². The van der Waals surface area contributed by atoms with E-state index in [0.29, 0.717) is 17.2 Å². The maximum atomic E-state index is 13.6. The smallest absolute Gasteiger partial charge is 0.410 e. The fourth-order valence-corrected chi connectivity index (χ4v) is 3.60. The van der Waals surface area contributed by atoms with Gasteiger partial charge in [-0.05, 0) is 25.2 Å². The number of hydrogen-bond acceptors (Lipinski definition) is 5. The number of aromatic nitrogens is 2. The van der Waals surface area contributed by atoms with Crippen molar-refractivity contribution in [2.24, 2.45) is 5.92 Å². The molecular formula is C19H21F3N4O3. The molecule has 0 spiro atoms. The molecule has 1 aromatic carbocycles. The first kappa shape index (κ1) is 19.4. The number of alkyl halides is 3. The first-order valence-electron chi connectivity index (χ1n) is 9.25. The van der Waals surface area contributed by atoms with Crippen molar-refractivity contribution in [2.45, 2.75) is 37.5 Å². The zero-order valence-electron chi connectivity index (χ0n) is 15.9. The van der Waals surface area contributed by atoms with Crippen molar-refractivity contribution in [1.29, 1.82) is 0 Å². The van der Waals surface area contributed by atoms with Gasteiger partial charge in [-0.25, -0.2) is 4.68 Å². The van der Waals surface area contributed by atoms with E-state index < -0.39 is 18.1 Å². The van der Waals surface area contributed by atoms with Crippen molar-refractivity contribution >= 4 is 17.4 Å². The van der Waals surface area contributed by atoms with Gasteiger partial charge in [0.05, 0.1) is 14.2 Å². The highest BCUT2D eigenvalue weighted by Gasteiger charge is 2.49. The van der Waals surface area contributed by atoms with Gasteiger partial charge in [-0.15, -0.1) is 0 Å². The second-order valence-electron chi connectivity index (χ2n) is 7.30. The standard InChI is InChI=1S/C19H21F3N4O3/c1-28-12-5-11(6-13(7-12)29-2)23-18(27)15-9-17-24-14(10-3-4-10)8-16(19(20,21)22)26(17)25-15/h5-7,9-10,14,16,24H,3-4,8H2,1-2H3,(H,23,27)/t14-,16-/m1/s1. The molecule has 0 bridgehead atoms. The van der Waals surface area contributed by atoms with Crippen LogP contribution in [0.1, 0.15) is 35.8 Å². The Hall–Kier alpha value is -2.91. The molecule has 2 heterocycles. The number of nitrogens with one attached hydrogen (secondary N) is 2. The Morgan fingerprint density at radius 1 is 1.17 bits per heavy atom. The lowest BCUT2D eigenvalue weighted by Crippen LogP contribution is -2.40. The average Bonchev–Trinajstić information content (AvgIpc) is 3.44. The fourth-order valence-electron chi connectivity index (χ4n) is 3.60. The summed E-state index contributed by atoms with van der Waals surface area (Å²) >= 11 is 0. The summed E-state index contributed by atoms with van der Waals surface area (Å²) in [4.78, 5) is 12.6. The topological polar surface area (TPSA) is 77.4 Å². The number of nitrogens with zero attached hydrogens (tertiary/aromatic N) is 2. The minimum Gasteiger partial charge on any atom is -0.497 e. The Bertz CT molecular complexity index is 902. The number of rotatable bonds is 5. The third-order valence-electron chi connectivity index (χ3n) is 5.25. The summed E-state index contributed by atoms with van der Waals surface area (Å²) in [6.45, 7) is 0. The normalized spacial score (nSPS) is 21.1. The zero-order chi connectivity index (χ0) is 20.8. The highest BCUT2D eigenvalue weighted by Crippen LogP contribution is 2.45. The molecule has 1 fully saturated rings. The molecule has 1 aliphatic heterocycles. The van der Waals surface area contributed by atoms with Crippen LogP contribution in [0.3, 0.4) is 0 Å². The molecule has 2 atom stereocenters. The van der Waals surface area contributed by atoms with E-state index in [1.54, 1.807) is 18.2 Å². The van der Waals surface area contributed by atoms with E-state index >= 15 is 0 Å². The minimum absolute atomic E-state index is 0.0863. The number of fused-ring (bicyclic) bond motifs is 1. The summed E-state index contributed by atoms with van der Waals surface area (Å²) in [6.07, 6.45) is -2.69. The quantitative estimate of drug-likeness (QED) is 0.783. The largest absolute Gasteiger partial charge is 0.497 e. The molecule has 0 radical (unpaired) electrons. The van der Waals surface area contributed by atoms with Crippen LogP contribution in [0.15, 0.2) is 24.3 Å². The van der Waals surface area contributed by atoms with E-state index in [2.05, 4.69) is 15.7 Å². The van der Waals surface area contributed by atoms with Gasteiger partial charge in [0.25, 0.3) is 5.91 Å². The lowest BCUT2D eigenvalue weighted by Gasteiger charge is -2.33. The SMILES string of the molecule is COc1cc(NC(=O)c2cc3n(n2)[C@@H](C(F)(F)F)C[C@H](C2CC2)N3)cc(OC)c1. The number of hydrogen-bond donors (Lipinski definition) is 2. The third kappa shape index (κ3) is 3.96. The highest BCUT2D eigenvalue weighted by atomic mass is 19.4. The predicted molar refractivity (Wildman–Crippen MR) is 99.6 cm³/mol. The van der Waals surface area contributed by atoms with Gasteiger partial charge in [0.2, 0.25) is 0 Å². The molecule has 1 saturated carbocycles. The Kier molecular flexibility index (Phi) is 4.79. The van der Waals surface area contributed by atoms with E-state index in [-0.39, 0.29) is 29.9 Å². The summed E-state index contributed by atoms with van der Waals surface area (Å²) in [5, 5.41) is 9.70. The molecule has 0 unspecified atom stereocenters. The summed E-state index contributed by atoms with van der Waals surface area (Å²) in [7, 11) is 2.95. The number of amides is 1. The second kappa shape index (κ2) is 7.16. The lowest BCUT2D eigenvalue weighted by atomic mass is 10.0. The van der Waals surface area contributed by atoms with Gasteiger partial charge in [-0.2, -0.15) is 18.3 Å². The number of benzene rings is 1. The number of carbonyl (C=O) groups excluding carboxylic acids is 1. The maximum Gasteiger partial charge on any atom is 0.410 e. The van der Waals surface area contributed by atoms with E-state index in [1.165, 1.54) is 20.3 Å². The Morgan fingerprint density at radius 3 is 2.38 bits per heavy atom. The van der Waals surface area contributed by atoms with Crippen LogP contribution in [0.5, 0.6) is 11.5 Å². The van der Waals surface area contributed by atoms with E-state index in [1.807, 2.05) is 0 Å². The summed E-state index contributed by atoms with van der Waals surface area (Å²) < 4.78 is 51.9. The summed E-state index contributed by atoms with van der Waals surface area (Å²) in [6, 6.07) is 4.15. The van der Waals surface area contributed by atoms with Gasteiger partial charge >= 0.3 is 6.18 Å². The van der Waals surface area contributed by atoms with Gasteiger partial charge < -0.3 is 20.1 Å². The number of halogens is 3. The lowest BCUT2D eigenvalue weighted by molar-refractivity contribution is -0.174. The Balaban J connectivity index is 1.59. The molecule has 1 amide bonds. The van der Waals surface area contributed by atoms with E-state index in [9.17, 15) is 18.0 Å². The molecule has 2 aromatic rings. The highest BCUT2D eigenvalue weighted by molar-refractivity contribution is 6.03. The van der Waals surface area contributed by atoms with Crippen LogP contribution >= 0.6 is 0 Å². The number of carbonyl (C=O) groups is 1. The van der Waals surface area contributed by atoms with Gasteiger partial charge in [0.15, 0.2) is 11.7 Å².